The van der Waals surface area contributed by atoms with Gasteiger partial charge in [0.15, 0.2) is 11.5 Å². The lowest BCUT2D eigenvalue weighted by molar-refractivity contribution is -0.139. The number of ether oxygens (including phenoxy) is 2. The molecular formula is C31H39N3O6S. The summed E-state index contributed by atoms with van der Waals surface area (Å²) in [4.78, 5) is 28.4. The lowest BCUT2D eigenvalue weighted by atomic mass is 10.1. The van der Waals surface area contributed by atoms with Gasteiger partial charge in [-0.25, -0.2) is 8.42 Å². The molecule has 3 aromatic rings. The van der Waals surface area contributed by atoms with Gasteiger partial charge in [-0.05, 0) is 49.6 Å². The normalized spacial score (nSPS) is 12.0. The Bertz CT molecular complexity index is 1430. The Labute approximate surface area is 243 Å². The topological polar surface area (TPSA) is 105 Å². The number of amides is 2. The van der Waals surface area contributed by atoms with Gasteiger partial charge in [-0.2, -0.15) is 0 Å². The van der Waals surface area contributed by atoms with Gasteiger partial charge in [-0.15, -0.1) is 0 Å². The molecule has 41 heavy (non-hydrogen) atoms. The standard InChI is InChI=1S/C31H39N3O6S/c1-22(2)19-32-31(36)24(4)33(20-25-10-8-7-9-11-25)30(35)21-34(26-14-12-23(3)13-15-26)41(37,38)27-16-17-28(39-5)29(18-27)40-6/h7-18,22,24H,19-21H2,1-6H3,(H,32,36). The van der Waals surface area contributed by atoms with E-state index in [1.165, 1.54) is 37.3 Å². The molecule has 2 amide bonds. The van der Waals surface area contributed by atoms with Crippen molar-refractivity contribution in [2.45, 2.75) is 45.2 Å². The highest BCUT2D eigenvalue weighted by molar-refractivity contribution is 7.92. The maximum Gasteiger partial charge on any atom is 0.264 e. The average molecular weight is 582 g/mol. The van der Waals surface area contributed by atoms with Crippen LogP contribution in [-0.2, 0) is 26.2 Å². The fourth-order valence-corrected chi connectivity index (χ4v) is 5.59. The summed E-state index contributed by atoms with van der Waals surface area (Å²) >= 11 is 0. The molecule has 220 valence electrons. The molecule has 0 fully saturated rings. The molecule has 0 aromatic heterocycles. The number of carbonyl (C=O) groups is 2. The lowest BCUT2D eigenvalue weighted by Crippen LogP contribution is -2.51. The SMILES string of the molecule is COc1ccc(S(=O)(=O)N(CC(=O)N(Cc2ccccc2)C(C)C(=O)NCC(C)C)c2ccc(C)cc2)cc1OC. The molecule has 3 rings (SSSR count). The van der Waals surface area contributed by atoms with Crippen LogP contribution in [0.5, 0.6) is 11.5 Å². The molecular weight excluding hydrogens is 542 g/mol. The minimum Gasteiger partial charge on any atom is -0.493 e. The van der Waals surface area contributed by atoms with Crippen molar-refractivity contribution in [3.05, 3.63) is 83.9 Å². The summed E-state index contributed by atoms with van der Waals surface area (Å²) in [5, 5.41) is 2.88. The maximum atomic E-state index is 14.1. The van der Waals surface area contributed by atoms with Crippen LogP contribution in [0.15, 0.2) is 77.7 Å². The smallest absolute Gasteiger partial charge is 0.264 e. The van der Waals surface area contributed by atoms with Crippen molar-refractivity contribution in [1.29, 1.82) is 0 Å². The number of hydrogen-bond acceptors (Lipinski definition) is 6. The maximum absolute atomic E-state index is 14.1. The Hall–Kier alpha value is -4.05. The van der Waals surface area contributed by atoms with Gasteiger partial charge >= 0.3 is 0 Å². The van der Waals surface area contributed by atoms with Gasteiger partial charge in [-0.3, -0.25) is 13.9 Å². The fraction of sp³-hybridized carbons (Fsp3) is 0.355. The van der Waals surface area contributed by atoms with Crippen molar-refractivity contribution in [1.82, 2.24) is 10.2 Å². The Morgan fingerprint density at radius 1 is 0.878 bits per heavy atom. The number of benzene rings is 3. The molecule has 1 atom stereocenters. The van der Waals surface area contributed by atoms with Crippen molar-refractivity contribution in [3.63, 3.8) is 0 Å². The molecule has 1 unspecified atom stereocenters. The monoisotopic (exact) mass is 581 g/mol. The molecule has 0 aliphatic heterocycles. The molecule has 1 N–H and O–H groups in total. The van der Waals surface area contributed by atoms with Crippen LogP contribution in [0, 0.1) is 12.8 Å². The fourth-order valence-electron chi connectivity index (χ4n) is 4.16. The Morgan fingerprint density at radius 3 is 2.10 bits per heavy atom. The molecule has 0 bridgehead atoms. The number of methoxy groups -OCH3 is 2. The first-order valence-electron chi connectivity index (χ1n) is 13.4. The van der Waals surface area contributed by atoms with Crippen molar-refractivity contribution >= 4 is 27.5 Å². The predicted octanol–water partition coefficient (Wildman–Crippen LogP) is 4.40. The third kappa shape index (κ3) is 8.00. The van der Waals surface area contributed by atoms with E-state index < -0.39 is 28.5 Å². The average Bonchev–Trinajstić information content (AvgIpc) is 2.97. The molecule has 0 spiro atoms. The van der Waals surface area contributed by atoms with Crippen LogP contribution in [0.4, 0.5) is 5.69 Å². The van der Waals surface area contributed by atoms with E-state index in [4.69, 9.17) is 9.47 Å². The van der Waals surface area contributed by atoms with E-state index in [9.17, 15) is 18.0 Å². The minimum atomic E-state index is -4.24. The van der Waals surface area contributed by atoms with E-state index in [-0.39, 0.29) is 29.0 Å². The summed E-state index contributed by atoms with van der Waals surface area (Å²) in [6.45, 7) is 7.57. The van der Waals surface area contributed by atoms with E-state index in [0.717, 1.165) is 15.4 Å². The zero-order valence-electron chi connectivity index (χ0n) is 24.5. The van der Waals surface area contributed by atoms with Gasteiger partial charge in [0.25, 0.3) is 10.0 Å². The first-order valence-corrected chi connectivity index (χ1v) is 14.8. The van der Waals surface area contributed by atoms with Crippen molar-refractivity contribution in [3.8, 4) is 11.5 Å². The Balaban J connectivity index is 2.04. The number of aryl methyl sites for hydroxylation is 1. The van der Waals surface area contributed by atoms with E-state index in [0.29, 0.717) is 18.0 Å². The van der Waals surface area contributed by atoms with E-state index >= 15 is 0 Å². The number of hydrogen-bond donors (Lipinski definition) is 1. The largest absolute Gasteiger partial charge is 0.493 e. The minimum absolute atomic E-state index is 0.0686. The zero-order valence-corrected chi connectivity index (χ0v) is 25.3. The van der Waals surface area contributed by atoms with Gasteiger partial charge in [0.05, 0.1) is 24.8 Å². The van der Waals surface area contributed by atoms with Gasteiger partial charge < -0.3 is 19.7 Å². The summed E-state index contributed by atoms with van der Waals surface area (Å²) in [6, 6.07) is 19.6. The quantitative estimate of drug-likeness (QED) is 0.321. The summed E-state index contributed by atoms with van der Waals surface area (Å²) < 4.78 is 39.8. The van der Waals surface area contributed by atoms with Crippen molar-refractivity contribution in [2.24, 2.45) is 5.92 Å². The van der Waals surface area contributed by atoms with Gasteiger partial charge in [0.2, 0.25) is 11.8 Å². The molecule has 10 heteroatoms. The van der Waals surface area contributed by atoms with E-state index in [1.807, 2.05) is 51.1 Å². The van der Waals surface area contributed by atoms with Crippen LogP contribution in [0.1, 0.15) is 31.9 Å². The van der Waals surface area contributed by atoms with Gasteiger partial charge in [0, 0.05) is 19.2 Å². The number of anilines is 1. The molecule has 0 aliphatic carbocycles. The second-order valence-electron chi connectivity index (χ2n) is 10.2. The van der Waals surface area contributed by atoms with Crippen molar-refractivity contribution in [2.75, 3.05) is 31.6 Å². The highest BCUT2D eigenvalue weighted by atomic mass is 32.2. The summed E-state index contributed by atoms with van der Waals surface area (Å²) in [5.41, 5.74) is 2.06. The lowest BCUT2D eigenvalue weighted by Gasteiger charge is -2.32. The molecule has 0 aliphatic rings. The Morgan fingerprint density at radius 2 is 1.51 bits per heavy atom. The number of sulfonamides is 1. The molecule has 0 heterocycles. The molecule has 0 radical (unpaired) electrons. The van der Waals surface area contributed by atoms with Crippen LogP contribution in [0.25, 0.3) is 0 Å². The number of rotatable bonds is 13. The first kappa shape index (κ1) is 31.5. The molecule has 0 saturated heterocycles. The van der Waals surface area contributed by atoms with Crippen LogP contribution < -0.4 is 19.1 Å². The second-order valence-corrected chi connectivity index (χ2v) is 12.0. The summed E-state index contributed by atoms with van der Waals surface area (Å²) in [5.74, 6) is 0.0102. The Kier molecular flexibility index (Phi) is 10.8. The van der Waals surface area contributed by atoms with E-state index in [2.05, 4.69) is 5.32 Å². The summed E-state index contributed by atoms with van der Waals surface area (Å²) in [7, 11) is -1.36. The van der Waals surface area contributed by atoms with Gasteiger partial charge in [0.1, 0.15) is 12.6 Å². The highest BCUT2D eigenvalue weighted by Gasteiger charge is 2.33. The number of nitrogens with zero attached hydrogens (tertiary/aromatic N) is 2. The summed E-state index contributed by atoms with van der Waals surface area (Å²) in [6.07, 6.45) is 0. The number of nitrogens with one attached hydrogen (secondary N) is 1. The second kappa shape index (κ2) is 14.0. The zero-order chi connectivity index (χ0) is 30.2. The van der Waals surface area contributed by atoms with E-state index in [1.54, 1.807) is 31.2 Å². The number of carbonyl (C=O) groups excluding carboxylic acids is 2. The van der Waals surface area contributed by atoms with Crippen molar-refractivity contribution < 1.29 is 27.5 Å². The molecule has 3 aromatic carbocycles. The predicted molar refractivity (Wildman–Crippen MR) is 160 cm³/mol. The van der Waals surface area contributed by atoms with Gasteiger partial charge in [-0.1, -0.05) is 61.9 Å². The van der Waals surface area contributed by atoms with Crippen LogP contribution in [-0.4, -0.2) is 58.5 Å². The van der Waals surface area contributed by atoms with Crippen LogP contribution in [0.2, 0.25) is 0 Å². The highest BCUT2D eigenvalue weighted by Crippen LogP contribution is 2.32. The van der Waals surface area contributed by atoms with Crippen LogP contribution in [0.3, 0.4) is 0 Å². The third-order valence-corrected chi connectivity index (χ3v) is 8.36. The molecule has 9 nitrogen and oxygen atoms in total. The molecule has 0 saturated carbocycles. The third-order valence-electron chi connectivity index (χ3n) is 6.59. The first-order chi connectivity index (χ1) is 19.5. The van der Waals surface area contributed by atoms with Crippen LogP contribution >= 0.6 is 0 Å².